The Bertz CT molecular complexity index is 1400. The first-order chi connectivity index (χ1) is 20.3. The molecular formula is C30H35Cl2N7O3. The lowest BCUT2D eigenvalue weighted by molar-refractivity contribution is -0.149. The topological polar surface area (TPSA) is 98.2 Å². The number of likely N-dealkylation sites (tertiary alicyclic amines) is 2. The van der Waals surface area contributed by atoms with Gasteiger partial charge < -0.3 is 24.5 Å². The highest BCUT2D eigenvalue weighted by atomic mass is 35.5. The number of carbonyl (C=O) groups is 1. The molecule has 6 rings (SSSR count). The lowest BCUT2D eigenvalue weighted by Gasteiger charge is -2.54. The Morgan fingerprint density at radius 1 is 0.952 bits per heavy atom. The van der Waals surface area contributed by atoms with Crippen molar-refractivity contribution in [1.82, 2.24) is 29.7 Å². The molecule has 5 heterocycles. The van der Waals surface area contributed by atoms with Gasteiger partial charge in [-0.3, -0.25) is 9.69 Å². The fourth-order valence-corrected chi connectivity index (χ4v) is 6.53. The molecule has 0 bridgehead atoms. The van der Waals surface area contributed by atoms with Crippen LogP contribution >= 0.6 is 23.2 Å². The molecule has 42 heavy (non-hydrogen) atoms. The third-order valence-electron chi connectivity index (χ3n) is 8.51. The van der Waals surface area contributed by atoms with E-state index in [0.29, 0.717) is 33.3 Å². The zero-order valence-corrected chi connectivity index (χ0v) is 25.2. The first-order valence-corrected chi connectivity index (χ1v) is 15.0. The van der Waals surface area contributed by atoms with Gasteiger partial charge in [0.05, 0.1) is 18.1 Å². The molecule has 0 unspecified atom stereocenters. The summed E-state index contributed by atoms with van der Waals surface area (Å²) in [5.41, 5.74) is 2.75. The second-order valence-electron chi connectivity index (χ2n) is 11.7. The monoisotopic (exact) mass is 611 g/mol. The van der Waals surface area contributed by atoms with Crippen molar-refractivity contribution < 1.29 is 14.6 Å². The van der Waals surface area contributed by atoms with Crippen molar-refractivity contribution in [3.8, 4) is 22.9 Å². The largest absolute Gasteiger partial charge is 0.436 e. The minimum absolute atomic E-state index is 0.173. The third-order valence-corrected chi connectivity index (χ3v) is 8.94. The van der Waals surface area contributed by atoms with E-state index in [1.807, 2.05) is 18.2 Å². The SMILES string of the molecule is CN1CCN(c2ncc(Oc3cc(CN4CCC5(CC4)CN(C(=O)CO)C5)cc(-c4cc(Cl)cc(Cl)c4)n3)cn2)CC1. The molecule has 0 radical (unpaired) electrons. The summed E-state index contributed by atoms with van der Waals surface area (Å²) in [6.45, 7) is 7.40. The molecule has 1 aromatic carbocycles. The van der Waals surface area contributed by atoms with Crippen LogP contribution in [0.3, 0.4) is 0 Å². The van der Waals surface area contributed by atoms with Crippen molar-refractivity contribution in [2.75, 3.05) is 70.9 Å². The van der Waals surface area contributed by atoms with E-state index in [1.54, 1.807) is 23.4 Å². The van der Waals surface area contributed by atoms with Crippen LogP contribution in [-0.4, -0.2) is 107 Å². The number of rotatable bonds is 7. The minimum Gasteiger partial charge on any atom is -0.436 e. The fraction of sp³-hybridized carbons (Fsp3) is 0.467. The zero-order valence-electron chi connectivity index (χ0n) is 23.7. The number of pyridine rings is 1. The van der Waals surface area contributed by atoms with E-state index >= 15 is 0 Å². The Morgan fingerprint density at radius 2 is 1.62 bits per heavy atom. The fourth-order valence-electron chi connectivity index (χ4n) is 6.00. The highest BCUT2D eigenvalue weighted by Crippen LogP contribution is 2.41. The van der Waals surface area contributed by atoms with E-state index in [9.17, 15) is 4.79 Å². The Morgan fingerprint density at radius 3 is 2.26 bits per heavy atom. The number of piperidine rings is 1. The summed E-state index contributed by atoms with van der Waals surface area (Å²) in [5.74, 6) is 1.48. The van der Waals surface area contributed by atoms with Gasteiger partial charge in [0.2, 0.25) is 17.7 Å². The Balaban J connectivity index is 1.18. The molecule has 3 fully saturated rings. The van der Waals surface area contributed by atoms with Crippen LogP contribution in [0, 0.1) is 5.41 Å². The van der Waals surface area contributed by atoms with E-state index in [1.165, 1.54) is 0 Å². The van der Waals surface area contributed by atoms with Gasteiger partial charge in [-0.05, 0) is 62.8 Å². The number of anilines is 1. The summed E-state index contributed by atoms with van der Waals surface area (Å²) in [5, 5.41) is 10.2. The summed E-state index contributed by atoms with van der Waals surface area (Å²) in [7, 11) is 2.12. The van der Waals surface area contributed by atoms with Crippen molar-refractivity contribution in [2.45, 2.75) is 19.4 Å². The predicted octanol–water partition coefficient (Wildman–Crippen LogP) is 3.81. The van der Waals surface area contributed by atoms with Crippen molar-refractivity contribution >= 4 is 35.1 Å². The van der Waals surface area contributed by atoms with Gasteiger partial charge in [-0.2, -0.15) is 0 Å². The van der Waals surface area contributed by atoms with Crippen molar-refractivity contribution in [3.05, 3.63) is 58.3 Å². The molecule has 3 aliphatic rings. The number of ether oxygens (including phenoxy) is 1. The van der Waals surface area contributed by atoms with E-state index < -0.39 is 6.61 Å². The normalized spacial score (nSPS) is 19.1. The Hall–Kier alpha value is -3.02. The summed E-state index contributed by atoms with van der Waals surface area (Å²) in [6, 6.07) is 9.40. The van der Waals surface area contributed by atoms with Crippen LogP contribution in [0.4, 0.5) is 5.95 Å². The number of benzene rings is 1. The number of aliphatic hydroxyl groups is 1. The zero-order chi connectivity index (χ0) is 29.3. The van der Waals surface area contributed by atoms with Crippen LogP contribution < -0.4 is 9.64 Å². The van der Waals surface area contributed by atoms with Crippen LogP contribution in [0.2, 0.25) is 10.0 Å². The number of hydrogen-bond acceptors (Lipinski definition) is 9. The Kier molecular flexibility index (Phi) is 8.51. The van der Waals surface area contributed by atoms with Gasteiger partial charge in [0.1, 0.15) is 6.61 Å². The standard InChI is InChI=1S/C30H35Cl2N7O3/c1-36-6-8-38(9-7-36)29-33-15-25(16-34-29)42-27-11-21(10-26(35-27)22-12-23(31)14-24(32)13-22)17-37-4-2-30(3-5-37)19-39(20-30)28(41)18-40/h10-16,40H,2-9,17-20H2,1H3. The minimum atomic E-state index is -0.415. The number of aromatic nitrogens is 3. The molecule has 10 nitrogen and oxygen atoms in total. The van der Waals surface area contributed by atoms with Crippen LogP contribution in [0.15, 0.2) is 42.7 Å². The number of piperazine rings is 1. The highest BCUT2D eigenvalue weighted by molar-refractivity contribution is 6.35. The number of aliphatic hydroxyl groups excluding tert-OH is 1. The van der Waals surface area contributed by atoms with Gasteiger partial charge in [0, 0.05) is 72.9 Å². The molecule has 3 saturated heterocycles. The van der Waals surface area contributed by atoms with Gasteiger partial charge in [0.15, 0.2) is 5.75 Å². The average Bonchev–Trinajstić information content (AvgIpc) is 2.96. The molecule has 3 aliphatic heterocycles. The molecule has 0 atom stereocenters. The van der Waals surface area contributed by atoms with Gasteiger partial charge in [0.25, 0.3) is 0 Å². The number of carbonyl (C=O) groups excluding carboxylic acids is 1. The number of likely N-dealkylation sites (N-methyl/N-ethyl adjacent to an activating group) is 1. The molecular weight excluding hydrogens is 577 g/mol. The van der Waals surface area contributed by atoms with Crippen molar-refractivity contribution in [3.63, 3.8) is 0 Å². The maximum absolute atomic E-state index is 11.8. The van der Waals surface area contributed by atoms with E-state index in [-0.39, 0.29) is 11.3 Å². The molecule has 2 aromatic heterocycles. The molecule has 1 N–H and O–H groups in total. The average molecular weight is 613 g/mol. The number of halogens is 2. The maximum Gasteiger partial charge on any atom is 0.248 e. The van der Waals surface area contributed by atoms with Gasteiger partial charge in [-0.1, -0.05) is 23.2 Å². The van der Waals surface area contributed by atoms with E-state index in [2.05, 4.69) is 37.8 Å². The second kappa shape index (κ2) is 12.3. The predicted molar refractivity (Wildman–Crippen MR) is 162 cm³/mol. The first-order valence-electron chi connectivity index (χ1n) is 14.3. The van der Waals surface area contributed by atoms with Crippen molar-refractivity contribution in [2.24, 2.45) is 5.41 Å². The van der Waals surface area contributed by atoms with Crippen molar-refractivity contribution in [1.29, 1.82) is 0 Å². The molecule has 222 valence electrons. The molecule has 1 amide bonds. The number of amides is 1. The van der Waals surface area contributed by atoms with Crippen LogP contribution in [0.25, 0.3) is 11.3 Å². The molecule has 3 aromatic rings. The van der Waals surface area contributed by atoms with E-state index in [4.69, 9.17) is 38.0 Å². The van der Waals surface area contributed by atoms with E-state index in [0.717, 1.165) is 82.9 Å². The smallest absolute Gasteiger partial charge is 0.248 e. The van der Waals surface area contributed by atoms with Crippen LogP contribution in [0.5, 0.6) is 11.6 Å². The number of nitrogens with zero attached hydrogens (tertiary/aromatic N) is 7. The van der Waals surface area contributed by atoms with Crippen LogP contribution in [-0.2, 0) is 11.3 Å². The molecule has 1 spiro atoms. The molecule has 0 aliphatic carbocycles. The molecule has 12 heteroatoms. The highest BCUT2D eigenvalue weighted by Gasteiger charge is 2.46. The first kappa shape index (κ1) is 29.1. The summed E-state index contributed by atoms with van der Waals surface area (Å²) in [6.07, 6.45) is 5.42. The summed E-state index contributed by atoms with van der Waals surface area (Å²) in [4.78, 5) is 34.3. The van der Waals surface area contributed by atoms with Gasteiger partial charge in [-0.15, -0.1) is 0 Å². The number of hydrogen-bond donors (Lipinski definition) is 1. The molecule has 0 saturated carbocycles. The van der Waals surface area contributed by atoms with Crippen LogP contribution in [0.1, 0.15) is 18.4 Å². The summed E-state index contributed by atoms with van der Waals surface area (Å²) >= 11 is 12.6. The lowest BCUT2D eigenvalue weighted by atomic mass is 9.72. The quantitative estimate of drug-likeness (QED) is 0.427. The Labute approximate surface area is 255 Å². The second-order valence-corrected chi connectivity index (χ2v) is 12.5. The summed E-state index contributed by atoms with van der Waals surface area (Å²) < 4.78 is 6.19. The lowest BCUT2D eigenvalue weighted by Crippen LogP contribution is -2.62. The van der Waals surface area contributed by atoms with Gasteiger partial charge >= 0.3 is 0 Å². The van der Waals surface area contributed by atoms with Gasteiger partial charge in [-0.25, -0.2) is 15.0 Å². The maximum atomic E-state index is 11.8. The third kappa shape index (κ3) is 6.63.